The van der Waals surface area contributed by atoms with Crippen molar-refractivity contribution in [3.8, 4) is 0 Å². The highest BCUT2D eigenvalue weighted by molar-refractivity contribution is 7.98. The molecule has 0 radical (unpaired) electrons. The van der Waals surface area contributed by atoms with E-state index >= 15 is 0 Å². The van der Waals surface area contributed by atoms with Crippen molar-refractivity contribution < 1.29 is 0 Å². The van der Waals surface area contributed by atoms with Crippen molar-refractivity contribution in [2.75, 3.05) is 0 Å². The number of aryl methyl sites for hydroxylation is 2. The molecule has 20 heavy (non-hydrogen) atoms. The van der Waals surface area contributed by atoms with Crippen LogP contribution in [0.1, 0.15) is 36.8 Å². The van der Waals surface area contributed by atoms with Gasteiger partial charge >= 0.3 is 0 Å². The molecule has 0 aliphatic heterocycles. The minimum atomic E-state index is 0.0579. The molecule has 0 saturated heterocycles. The fraction of sp³-hybridized carbons (Fsp3) is 0.400. The van der Waals surface area contributed by atoms with Crippen molar-refractivity contribution in [3.63, 3.8) is 0 Å². The first kappa shape index (κ1) is 15.4. The van der Waals surface area contributed by atoms with Gasteiger partial charge in [-0.3, -0.25) is 4.68 Å². The molecule has 1 atom stereocenters. The van der Waals surface area contributed by atoms with Gasteiger partial charge in [-0.2, -0.15) is 5.10 Å². The Hall–Kier alpha value is -0.970. The zero-order chi connectivity index (χ0) is 14.7. The fourth-order valence-electron chi connectivity index (χ4n) is 2.05. The van der Waals surface area contributed by atoms with Crippen LogP contribution in [0.2, 0.25) is 5.02 Å². The molecule has 3 nitrogen and oxygen atoms in total. The number of hydrogen-bond acceptors (Lipinski definition) is 3. The first-order chi connectivity index (χ1) is 9.52. The van der Waals surface area contributed by atoms with E-state index in [2.05, 4.69) is 30.2 Å². The molecule has 2 aromatic rings. The van der Waals surface area contributed by atoms with Crippen LogP contribution in [-0.4, -0.2) is 9.78 Å². The second-order valence-electron chi connectivity index (χ2n) is 4.81. The standard InChI is InChI=1S/C15H20ClN3S/c1-4-19-14(15(16)11(3)18-19)9-20-13-7-5-6-12(8-13)10(2)17/h5-8,10H,4,9,17H2,1-3H3. The zero-order valence-corrected chi connectivity index (χ0v) is 13.6. The number of halogens is 1. The third-order valence-corrected chi connectivity index (χ3v) is 4.71. The summed E-state index contributed by atoms with van der Waals surface area (Å²) >= 11 is 8.09. The normalized spacial score (nSPS) is 12.7. The van der Waals surface area contributed by atoms with Crippen LogP contribution in [0.15, 0.2) is 29.2 Å². The van der Waals surface area contributed by atoms with E-state index in [1.807, 2.05) is 24.6 Å². The van der Waals surface area contributed by atoms with Gasteiger partial charge in [0, 0.05) is 23.2 Å². The van der Waals surface area contributed by atoms with Crippen LogP contribution in [-0.2, 0) is 12.3 Å². The second kappa shape index (κ2) is 6.66. The van der Waals surface area contributed by atoms with E-state index in [1.165, 1.54) is 4.90 Å². The highest BCUT2D eigenvalue weighted by Crippen LogP contribution is 2.29. The van der Waals surface area contributed by atoms with Gasteiger partial charge in [-0.15, -0.1) is 11.8 Å². The first-order valence-corrected chi connectivity index (χ1v) is 8.09. The lowest BCUT2D eigenvalue weighted by atomic mass is 10.1. The number of aromatic nitrogens is 2. The van der Waals surface area contributed by atoms with E-state index < -0.39 is 0 Å². The zero-order valence-electron chi connectivity index (χ0n) is 12.1. The molecule has 108 valence electrons. The summed E-state index contributed by atoms with van der Waals surface area (Å²) in [6, 6.07) is 8.41. The van der Waals surface area contributed by atoms with Gasteiger partial charge in [0.1, 0.15) is 0 Å². The Balaban J connectivity index is 2.15. The second-order valence-corrected chi connectivity index (χ2v) is 6.24. The summed E-state index contributed by atoms with van der Waals surface area (Å²) in [6.45, 7) is 6.85. The topological polar surface area (TPSA) is 43.8 Å². The van der Waals surface area contributed by atoms with Gasteiger partial charge < -0.3 is 5.73 Å². The Morgan fingerprint density at radius 3 is 2.85 bits per heavy atom. The van der Waals surface area contributed by atoms with E-state index in [9.17, 15) is 0 Å². The van der Waals surface area contributed by atoms with Crippen molar-refractivity contribution in [2.45, 2.75) is 44.0 Å². The maximum atomic E-state index is 6.32. The largest absolute Gasteiger partial charge is 0.324 e. The molecule has 1 aromatic carbocycles. The molecule has 1 heterocycles. The van der Waals surface area contributed by atoms with Gasteiger partial charge in [-0.1, -0.05) is 23.7 Å². The number of nitrogens with zero attached hydrogens (tertiary/aromatic N) is 2. The van der Waals surface area contributed by atoms with Crippen LogP contribution >= 0.6 is 23.4 Å². The Labute approximate surface area is 129 Å². The molecule has 0 aliphatic rings. The summed E-state index contributed by atoms with van der Waals surface area (Å²) in [6.07, 6.45) is 0. The Kier molecular flexibility index (Phi) is 5.13. The minimum absolute atomic E-state index is 0.0579. The van der Waals surface area contributed by atoms with Gasteiger partial charge in [0.2, 0.25) is 0 Å². The maximum absolute atomic E-state index is 6.32. The molecule has 2 rings (SSSR count). The molecule has 0 amide bonds. The van der Waals surface area contributed by atoms with Crippen LogP contribution in [0, 0.1) is 6.92 Å². The molecule has 5 heteroatoms. The molecule has 2 N–H and O–H groups in total. The number of benzene rings is 1. The molecule has 1 aromatic heterocycles. The highest BCUT2D eigenvalue weighted by atomic mass is 35.5. The fourth-order valence-corrected chi connectivity index (χ4v) is 3.32. The molecule has 1 unspecified atom stereocenters. The lowest BCUT2D eigenvalue weighted by Crippen LogP contribution is -2.04. The number of rotatable bonds is 5. The number of thioether (sulfide) groups is 1. The van der Waals surface area contributed by atoms with Crippen molar-refractivity contribution in [1.82, 2.24) is 9.78 Å². The van der Waals surface area contributed by atoms with Crippen LogP contribution in [0.25, 0.3) is 0 Å². The van der Waals surface area contributed by atoms with E-state index in [1.54, 1.807) is 11.8 Å². The maximum Gasteiger partial charge on any atom is 0.0855 e. The average Bonchev–Trinajstić information content (AvgIpc) is 2.72. The predicted octanol–water partition coefficient (Wildman–Crippen LogP) is 4.18. The van der Waals surface area contributed by atoms with E-state index in [0.717, 1.165) is 34.3 Å². The summed E-state index contributed by atoms with van der Waals surface area (Å²) in [5, 5.41) is 5.22. The van der Waals surface area contributed by atoms with Gasteiger partial charge in [0.25, 0.3) is 0 Å². The average molecular weight is 310 g/mol. The number of hydrogen-bond donors (Lipinski definition) is 1. The molecule has 0 fully saturated rings. The van der Waals surface area contributed by atoms with Crippen LogP contribution in [0.5, 0.6) is 0 Å². The SMILES string of the molecule is CCn1nc(C)c(Cl)c1CSc1cccc(C(C)N)c1. The third kappa shape index (κ3) is 3.37. The molecular weight excluding hydrogens is 290 g/mol. The van der Waals surface area contributed by atoms with E-state index in [4.69, 9.17) is 17.3 Å². The minimum Gasteiger partial charge on any atom is -0.324 e. The van der Waals surface area contributed by atoms with Crippen LogP contribution in [0.3, 0.4) is 0 Å². The first-order valence-electron chi connectivity index (χ1n) is 6.73. The third-order valence-electron chi connectivity index (χ3n) is 3.21. The quantitative estimate of drug-likeness (QED) is 0.843. The Morgan fingerprint density at radius 1 is 1.45 bits per heavy atom. The van der Waals surface area contributed by atoms with Crippen LogP contribution < -0.4 is 5.73 Å². The molecule has 0 saturated carbocycles. The summed E-state index contributed by atoms with van der Waals surface area (Å²) in [7, 11) is 0. The predicted molar refractivity (Wildman–Crippen MR) is 86.3 cm³/mol. The van der Waals surface area contributed by atoms with Crippen molar-refractivity contribution in [1.29, 1.82) is 0 Å². The molecule has 0 aliphatic carbocycles. The molecule has 0 bridgehead atoms. The van der Waals surface area contributed by atoms with Crippen molar-refractivity contribution >= 4 is 23.4 Å². The summed E-state index contributed by atoms with van der Waals surface area (Å²) in [4.78, 5) is 1.21. The molecular formula is C15H20ClN3S. The smallest absolute Gasteiger partial charge is 0.0855 e. The lowest BCUT2D eigenvalue weighted by molar-refractivity contribution is 0.632. The molecule has 0 spiro atoms. The summed E-state index contributed by atoms with van der Waals surface area (Å²) in [5.41, 5.74) is 9.06. The van der Waals surface area contributed by atoms with Crippen molar-refractivity contribution in [3.05, 3.63) is 46.2 Å². The highest BCUT2D eigenvalue weighted by Gasteiger charge is 2.12. The Bertz CT molecular complexity index is 593. The monoisotopic (exact) mass is 309 g/mol. The van der Waals surface area contributed by atoms with Crippen molar-refractivity contribution in [2.24, 2.45) is 5.73 Å². The van der Waals surface area contributed by atoms with Gasteiger partial charge in [0.15, 0.2) is 0 Å². The van der Waals surface area contributed by atoms with Gasteiger partial charge in [0.05, 0.1) is 16.4 Å². The number of nitrogens with two attached hydrogens (primary N) is 1. The van der Waals surface area contributed by atoms with E-state index in [-0.39, 0.29) is 6.04 Å². The lowest BCUT2D eigenvalue weighted by Gasteiger charge is -2.09. The van der Waals surface area contributed by atoms with Gasteiger partial charge in [-0.05, 0) is 38.5 Å². The summed E-state index contributed by atoms with van der Waals surface area (Å²) in [5.74, 6) is 0.815. The van der Waals surface area contributed by atoms with Gasteiger partial charge in [-0.25, -0.2) is 0 Å². The van der Waals surface area contributed by atoms with E-state index in [0.29, 0.717) is 0 Å². The van der Waals surface area contributed by atoms with Crippen LogP contribution in [0.4, 0.5) is 0 Å². The Morgan fingerprint density at radius 2 is 2.20 bits per heavy atom. The summed E-state index contributed by atoms with van der Waals surface area (Å²) < 4.78 is 1.97.